The van der Waals surface area contributed by atoms with E-state index in [9.17, 15) is 19.2 Å². The predicted octanol–water partition coefficient (Wildman–Crippen LogP) is 2.94. The Balaban J connectivity index is 1.66. The Hall–Kier alpha value is -3.94. The highest BCUT2D eigenvalue weighted by Crippen LogP contribution is 2.15. The highest BCUT2D eigenvalue weighted by Gasteiger charge is 2.22. The van der Waals surface area contributed by atoms with Gasteiger partial charge in [0.2, 0.25) is 5.91 Å². The molecule has 0 saturated carbocycles. The molecule has 1 heterocycles. The van der Waals surface area contributed by atoms with Gasteiger partial charge >= 0.3 is 11.6 Å². The number of carbonyl (C=O) groups excluding carboxylic acids is 3. The Morgan fingerprint density at radius 2 is 1.59 bits per heavy atom. The second-order valence-corrected chi connectivity index (χ2v) is 6.28. The van der Waals surface area contributed by atoms with E-state index in [1.54, 1.807) is 48.5 Å². The molecule has 3 rings (SSSR count). The number of carbonyl (C=O) groups is 3. The van der Waals surface area contributed by atoms with Gasteiger partial charge in [0.1, 0.15) is 11.1 Å². The van der Waals surface area contributed by atoms with Crippen LogP contribution in [-0.4, -0.2) is 23.9 Å². The molecule has 0 spiro atoms. The lowest BCUT2D eigenvalue weighted by Crippen LogP contribution is -2.31. The number of fused-ring (bicyclic) bond motifs is 1. The summed E-state index contributed by atoms with van der Waals surface area (Å²) in [5, 5.41) is 5.77. The van der Waals surface area contributed by atoms with Crippen molar-refractivity contribution < 1.29 is 23.5 Å². The lowest BCUT2D eigenvalue weighted by molar-refractivity contribution is -0.123. The van der Waals surface area contributed by atoms with Crippen LogP contribution >= 0.6 is 0 Å². The second kappa shape index (κ2) is 8.39. The molecule has 0 fully saturated rings. The van der Waals surface area contributed by atoms with E-state index in [0.29, 0.717) is 22.3 Å². The first-order chi connectivity index (χ1) is 13.8. The van der Waals surface area contributed by atoms with Gasteiger partial charge in [0.05, 0.1) is 0 Å². The molecule has 0 aliphatic carbocycles. The molecule has 29 heavy (non-hydrogen) atoms. The number of benzene rings is 2. The van der Waals surface area contributed by atoms with Crippen LogP contribution in [0.25, 0.3) is 11.0 Å². The van der Waals surface area contributed by atoms with Gasteiger partial charge in [0.25, 0.3) is 5.91 Å². The summed E-state index contributed by atoms with van der Waals surface area (Å²) in [6.07, 6.45) is -1.15. The van der Waals surface area contributed by atoms with E-state index in [1.165, 1.54) is 19.9 Å². The highest BCUT2D eigenvalue weighted by atomic mass is 16.5. The molecule has 1 atom stereocenters. The number of rotatable bonds is 5. The Kier molecular flexibility index (Phi) is 5.73. The molecule has 0 bridgehead atoms. The first-order valence-electron chi connectivity index (χ1n) is 8.76. The standard InChI is InChI=1S/C21H18N2O6/c1-12(19(25)23-16-9-7-15(8-10-16)22-13(2)24)28-20(26)17-11-14-5-3-4-6-18(14)29-21(17)27/h3-12H,1-2H3,(H,22,24)(H,23,25)/t12-/m0/s1. The zero-order valence-corrected chi connectivity index (χ0v) is 15.7. The van der Waals surface area contributed by atoms with Crippen LogP contribution in [0.4, 0.5) is 11.4 Å². The number of amides is 2. The zero-order chi connectivity index (χ0) is 21.0. The topological polar surface area (TPSA) is 115 Å². The Bertz CT molecular complexity index is 1130. The lowest BCUT2D eigenvalue weighted by atomic mass is 10.2. The van der Waals surface area contributed by atoms with Gasteiger partial charge in [0, 0.05) is 23.7 Å². The van der Waals surface area contributed by atoms with E-state index in [2.05, 4.69) is 10.6 Å². The minimum Gasteiger partial charge on any atom is -0.449 e. The Morgan fingerprint density at radius 1 is 0.966 bits per heavy atom. The maximum Gasteiger partial charge on any atom is 0.351 e. The minimum absolute atomic E-state index is 0.208. The molecule has 2 aromatic carbocycles. The number of hydrogen-bond donors (Lipinski definition) is 2. The van der Waals surface area contributed by atoms with Gasteiger partial charge in [-0.15, -0.1) is 0 Å². The first-order valence-corrected chi connectivity index (χ1v) is 8.76. The van der Waals surface area contributed by atoms with Gasteiger partial charge in [-0.05, 0) is 43.3 Å². The van der Waals surface area contributed by atoms with Crippen molar-refractivity contribution >= 4 is 40.1 Å². The predicted molar refractivity (Wildman–Crippen MR) is 107 cm³/mol. The molecule has 8 heteroatoms. The van der Waals surface area contributed by atoms with E-state index < -0.39 is 23.6 Å². The zero-order valence-electron chi connectivity index (χ0n) is 15.7. The third kappa shape index (κ3) is 4.86. The highest BCUT2D eigenvalue weighted by molar-refractivity contribution is 5.98. The van der Waals surface area contributed by atoms with Gasteiger partial charge in [-0.25, -0.2) is 9.59 Å². The lowest BCUT2D eigenvalue weighted by Gasteiger charge is -2.13. The van der Waals surface area contributed by atoms with Crippen LogP contribution in [0, 0.1) is 0 Å². The molecular formula is C21H18N2O6. The normalized spacial score (nSPS) is 11.5. The summed E-state index contributed by atoms with van der Waals surface area (Å²) in [4.78, 5) is 47.7. The third-order valence-electron chi connectivity index (χ3n) is 3.99. The van der Waals surface area contributed by atoms with Gasteiger partial charge in [-0.3, -0.25) is 9.59 Å². The van der Waals surface area contributed by atoms with Crippen molar-refractivity contribution in [1.82, 2.24) is 0 Å². The minimum atomic E-state index is -1.15. The van der Waals surface area contributed by atoms with Gasteiger partial charge in [0.15, 0.2) is 6.10 Å². The van der Waals surface area contributed by atoms with Crippen LogP contribution in [-0.2, 0) is 14.3 Å². The van der Waals surface area contributed by atoms with Crippen LogP contribution < -0.4 is 16.3 Å². The van der Waals surface area contributed by atoms with Crippen molar-refractivity contribution in [3.8, 4) is 0 Å². The van der Waals surface area contributed by atoms with Gasteiger partial charge in [-0.2, -0.15) is 0 Å². The molecular weight excluding hydrogens is 376 g/mol. The van der Waals surface area contributed by atoms with Gasteiger partial charge in [-0.1, -0.05) is 18.2 Å². The van der Waals surface area contributed by atoms with Crippen molar-refractivity contribution in [1.29, 1.82) is 0 Å². The average molecular weight is 394 g/mol. The van der Waals surface area contributed by atoms with Crippen molar-refractivity contribution in [3.05, 3.63) is 70.6 Å². The van der Waals surface area contributed by atoms with E-state index in [1.807, 2.05) is 0 Å². The monoisotopic (exact) mass is 394 g/mol. The van der Waals surface area contributed by atoms with Gasteiger partial charge < -0.3 is 19.8 Å². The molecule has 8 nitrogen and oxygen atoms in total. The maximum absolute atomic E-state index is 12.3. The number of para-hydroxylation sites is 1. The summed E-state index contributed by atoms with van der Waals surface area (Å²) < 4.78 is 10.2. The first kappa shape index (κ1) is 19.8. The second-order valence-electron chi connectivity index (χ2n) is 6.28. The Morgan fingerprint density at radius 3 is 2.24 bits per heavy atom. The molecule has 2 amide bonds. The van der Waals surface area contributed by atoms with E-state index in [4.69, 9.17) is 9.15 Å². The average Bonchev–Trinajstić information content (AvgIpc) is 2.68. The molecule has 0 aliphatic rings. The van der Waals surface area contributed by atoms with Crippen LogP contribution in [0.15, 0.2) is 63.8 Å². The molecule has 0 saturated heterocycles. The summed E-state index contributed by atoms with van der Waals surface area (Å²) >= 11 is 0. The molecule has 148 valence electrons. The number of anilines is 2. The van der Waals surface area contributed by atoms with Crippen LogP contribution in [0.2, 0.25) is 0 Å². The fourth-order valence-corrected chi connectivity index (χ4v) is 2.57. The van der Waals surface area contributed by atoms with Crippen LogP contribution in [0.5, 0.6) is 0 Å². The molecule has 2 N–H and O–H groups in total. The van der Waals surface area contributed by atoms with Crippen molar-refractivity contribution in [3.63, 3.8) is 0 Å². The quantitative estimate of drug-likeness (QED) is 0.508. The van der Waals surface area contributed by atoms with Crippen LogP contribution in [0.1, 0.15) is 24.2 Å². The summed E-state index contributed by atoms with van der Waals surface area (Å²) in [7, 11) is 0. The van der Waals surface area contributed by atoms with Crippen molar-refractivity contribution in [2.45, 2.75) is 20.0 Å². The number of nitrogens with one attached hydrogen (secondary N) is 2. The molecule has 1 aromatic heterocycles. The summed E-state index contributed by atoms with van der Waals surface area (Å²) in [6, 6.07) is 14.5. The van der Waals surface area contributed by atoms with Crippen LogP contribution in [0.3, 0.4) is 0 Å². The smallest absolute Gasteiger partial charge is 0.351 e. The number of hydrogen-bond acceptors (Lipinski definition) is 6. The third-order valence-corrected chi connectivity index (χ3v) is 3.99. The summed E-state index contributed by atoms with van der Waals surface area (Å²) in [5.74, 6) is -1.73. The molecule has 0 radical (unpaired) electrons. The van der Waals surface area contributed by atoms with Crippen molar-refractivity contribution in [2.24, 2.45) is 0 Å². The molecule has 3 aromatic rings. The van der Waals surface area contributed by atoms with Crippen molar-refractivity contribution in [2.75, 3.05) is 10.6 Å². The van der Waals surface area contributed by atoms with E-state index in [-0.39, 0.29) is 11.5 Å². The Labute approximate surface area is 165 Å². The SMILES string of the molecule is CC(=O)Nc1ccc(NC(=O)[C@H](C)OC(=O)c2cc3ccccc3oc2=O)cc1. The molecule has 0 aliphatic heterocycles. The molecule has 0 unspecified atom stereocenters. The number of esters is 1. The number of ether oxygens (including phenoxy) is 1. The largest absolute Gasteiger partial charge is 0.449 e. The summed E-state index contributed by atoms with van der Waals surface area (Å²) in [5.41, 5.74) is 0.260. The summed E-state index contributed by atoms with van der Waals surface area (Å²) in [6.45, 7) is 2.78. The van der Waals surface area contributed by atoms with E-state index in [0.717, 1.165) is 0 Å². The maximum atomic E-state index is 12.3. The fraction of sp³-hybridized carbons (Fsp3) is 0.143. The van der Waals surface area contributed by atoms with E-state index >= 15 is 0 Å². The fourth-order valence-electron chi connectivity index (χ4n) is 2.57.